The Kier molecular flexibility index (Phi) is 6.53. The Morgan fingerprint density at radius 3 is 2.06 bits per heavy atom. The minimum absolute atomic E-state index is 0.192. The summed E-state index contributed by atoms with van der Waals surface area (Å²) in [7, 11) is 0. The van der Waals surface area contributed by atoms with Crippen molar-refractivity contribution in [1.82, 2.24) is 9.55 Å². The lowest BCUT2D eigenvalue weighted by Gasteiger charge is -2.23. The van der Waals surface area contributed by atoms with Gasteiger partial charge in [0.1, 0.15) is 22.3 Å². The molecule has 0 aliphatic heterocycles. The third-order valence-electron chi connectivity index (χ3n) is 10.6. The first-order valence-corrected chi connectivity index (χ1v) is 17.8. The van der Waals surface area contributed by atoms with Crippen LogP contribution in [0.15, 0.2) is 142 Å². The van der Waals surface area contributed by atoms with Crippen molar-refractivity contribution in [3.8, 4) is 28.1 Å². The summed E-state index contributed by atoms with van der Waals surface area (Å²) < 4.78 is 15.9. The first kappa shape index (κ1) is 29.8. The Balaban J connectivity index is 1.29. The van der Waals surface area contributed by atoms with E-state index in [4.69, 9.17) is 13.8 Å². The molecule has 4 nitrogen and oxygen atoms in total. The highest BCUT2D eigenvalue weighted by Crippen LogP contribution is 2.46. The molecule has 10 aromatic rings. The molecule has 0 amide bonds. The lowest BCUT2D eigenvalue weighted by Crippen LogP contribution is -2.08. The largest absolute Gasteiger partial charge is 0.456 e. The quantitative estimate of drug-likeness (QED) is 0.184. The molecule has 6 aromatic carbocycles. The lowest BCUT2D eigenvalue weighted by atomic mass is 9.89. The molecule has 0 aliphatic carbocycles. The van der Waals surface area contributed by atoms with Gasteiger partial charge in [-0.3, -0.25) is 4.98 Å². The minimum atomic E-state index is 0.192. The molecule has 4 aromatic heterocycles. The molecular weight excluding hydrogens is 625 g/mol. The Hall–Kier alpha value is -6.13. The van der Waals surface area contributed by atoms with Crippen molar-refractivity contribution in [2.75, 3.05) is 0 Å². The van der Waals surface area contributed by atoms with Crippen LogP contribution < -0.4 is 0 Å². The van der Waals surface area contributed by atoms with Gasteiger partial charge in [-0.25, -0.2) is 0 Å². The number of rotatable bonds is 5. The number of pyridine rings is 1. The van der Waals surface area contributed by atoms with Gasteiger partial charge in [-0.05, 0) is 71.0 Å². The average molecular weight is 661 g/mol. The van der Waals surface area contributed by atoms with Crippen molar-refractivity contribution in [2.24, 2.45) is 0 Å². The molecule has 51 heavy (non-hydrogen) atoms. The zero-order valence-electron chi connectivity index (χ0n) is 29.1. The predicted molar refractivity (Wildman–Crippen MR) is 212 cm³/mol. The maximum Gasteiger partial charge on any atom is 0.144 e. The van der Waals surface area contributed by atoms with Crippen molar-refractivity contribution < 1.29 is 8.83 Å². The number of furan rings is 2. The van der Waals surface area contributed by atoms with E-state index in [9.17, 15) is 0 Å². The van der Waals surface area contributed by atoms with Crippen LogP contribution in [0.25, 0.3) is 93.8 Å². The van der Waals surface area contributed by atoms with Gasteiger partial charge in [0.25, 0.3) is 0 Å². The number of para-hydroxylation sites is 3. The molecule has 0 radical (unpaired) electrons. The molecule has 10 rings (SSSR count). The van der Waals surface area contributed by atoms with E-state index in [2.05, 4.69) is 148 Å². The number of hydrogen-bond donors (Lipinski definition) is 0. The fourth-order valence-corrected chi connectivity index (χ4v) is 8.18. The SMILES string of the molecule is CC(C)c1cc2c(oc3cc(-c4ccccc4)ccc32)c(C(C)C)c1-n1c2ccccc2c2cnc(-c3cccc4c3oc3ccccc34)cc21. The maximum atomic E-state index is 6.94. The number of benzene rings is 6. The van der Waals surface area contributed by atoms with Gasteiger partial charge in [0, 0.05) is 49.6 Å². The molecule has 0 atom stereocenters. The van der Waals surface area contributed by atoms with Gasteiger partial charge in [-0.2, -0.15) is 0 Å². The van der Waals surface area contributed by atoms with Crippen LogP contribution in [-0.2, 0) is 0 Å². The van der Waals surface area contributed by atoms with Crippen LogP contribution in [0.1, 0.15) is 50.7 Å². The topological polar surface area (TPSA) is 44.1 Å². The van der Waals surface area contributed by atoms with Gasteiger partial charge in [0.2, 0.25) is 0 Å². The van der Waals surface area contributed by atoms with Crippen LogP contribution in [0.5, 0.6) is 0 Å². The standard InChI is InChI=1S/C47H36N2O2/c1-27(2)36-24-37-33-22-21-30(29-13-6-5-7-14-29)23-43(33)51-47(37)44(28(3)4)45(36)49-40-19-10-8-15-31(40)38-26-48-39(25-41(38)49)35-18-12-17-34-32-16-9-11-20-42(32)50-46(34)35/h5-28H,1-4H3. The van der Waals surface area contributed by atoms with Crippen LogP contribution in [0, 0.1) is 0 Å². The smallest absolute Gasteiger partial charge is 0.144 e. The van der Waals surface area contributed by atoms with Crippen LogP contribution in [0.3, 0.4) is 0 Å². The van der Waals surface area contributed by atoms with E-state index in [0.717, 1.165) is 71.7 Å². The van der Waals surface area contributed by atoms with E-state index in [1.165, 1.54) is 33.2 Å². The second kappa shape index (κ2) is 11.2. The molecule has 0 saturated heterocycles. The molecule has 0 spiro atoms. The van der Waals surface area contributed by atoms with Crippen LogP contribution in [0.2, 0.25) is 0 Å². The lowest BCUT2D eigenvalue weighted by molar-refractivity contribution is 0.655. The highest BCUT2D eigenvalue weighted by Gasteiger charge is 2.27. The van der Waals surface area contributed by atoms with Crippen molar-refractivity contribution in [1.29, 1.82) is 0 Å². The van der Waals surface area contributed by atoms with Gasteiger partial charge in [0.15, 0.2) is 0 Å². The summed E-state index contributed by atoms with van der Waals surface area (Å²) in [5.74, 6) is 0.453. The normalized spacial score (nSPS) is 12.3. The van der Waals surface area contributed by atoms with Crippen molar-refractivity contribution in [3.63, 3.8) is 0 Å². The van der Waals surface area contributed by atoms with E-state index < -0.39 is 0 Å². The maximum absolute atomic E-state index is 6.94. The Morgan fingerprint density at radius 2 is 1.24 bits per heavy atom. The average Bonchev–Trinajstić information content (AvgIpc) is 3.83. The fraction of sp³-hybridized carbons (Fsp3) is 0.128. The molecule has 4 heteroatoms. The highest BCUT2D eigenvalue weighted by molar-refractivity contribution is 6.13. The summed E-state index contributed by atoms with van der Waals surface area (Å²) in [5.41, 5.74) is 13.8. The molecule has 4 heterocycles. The van der Waals surface area contributed by atoms with E-state index in [0.29, 0.717) is 0 Å². The summed E-state index contributed by atoms with van der Waals surface area (Å²) in [4.78, 5) is 5.09. The van der Waals surface area contributed by atoms with E-state index in [1.807, 2.05) is 18.3 Å². The first-order chi connectivity index (χ1) is 25.0. The summed E-state index contributed by atoms with van der Waals surface area (Å²) in [6.45, 7) is 9.17. The molecule has 0 N–H and O–H groups in total. The number of fused-ring (bicyclic) bond motifs is 9. The summed E-state index contributed by atoms with van der Waals surface area (Å²) in [6.07, 6.45) is 2.04. The summed E-state index contributed by atoms with van der Waals surface area (Å²) in [5, 5.41) is 6.82. The molecule has 0 unspecified atom stereocenters. The molecule has 0 bridgehead atoms. The van der Waals surface area contributed by atoms with Crippen molar-refractivity contribution in [3.05, 3.63) is 145 Å². The van der Waals surface area contributed by atoms with Crippen molar-refractivity contribution in [2.45, 2.75) is 39.5 Å². The Bertz CT molecular complexity index is 2970. The van der Waals surface area contributed by atoms with Crippen LogP contribution >= 0.6 is 0 Å². The van der Waals surface area contributed by atoms with Gasteiger partial charge in [0.05, 0.1) is 22.4 Å². The number of aromatic nitrogens is 2. The Labute approximate surface area is 295 Å². The van der Waals surface area contributed by atoms with E-state index in [1.54, 1.807) is 0 Å². The summed E-state index contributed by atoms with van der Waals surface area (Å²) in [6, 6.07) is 45.1. The highest BCUT2D eigenvalue weighted by atomic mass is 16.3. The monoisotopic (exact) mass is 660 g/mol. The molecule has 246 valence electrons. The minimum Gasteiger partial charge on any atom is -0.456 e. The second-order valence-electron chi connectivity index (χ2n) is 14.3. The first-order valence-electron chi connectivity index (χ1n) is 17.8. The zero-order valence-corrected chi connectivity index (χ0v) is 29.1. The molecule has 0 saturated carbocycles. The van der Waals surface area contributed by atoms with Gasteiger partial charge < -0.3 is 13.4 Å². The third kappa shape index (κ3) is 4.42. The molecule has 0 aliphatic rings. The van der Waals surface area contributed by atoms with Crippen LogP contribution in [0.4, 0.5) is 0 Å². The fourth-order valence-electron chi connectivity index (χ4n) is 8.18. The van der Waals surface area contributed by atoms with Gasteiger partial charge >= 0.3 is 0 Å². The van der Waals surface area contributed by atoms with E-state index in [-0.39, 0.29) is 11.8 Å². The Morgan fingerprint density at radius 1 is 0.510 bits per heavy atom. The number of nitrogens with zero attached hydrogens (tertiary/aromatic N) is 2. The molecular formula is C47H36N2O2. The molecule has 0 fully saturated rings. The second-order valence-corrected chi connectivity index (χ2v) is 14.3. The predicted octanol–water partition coefficient (Wildman–Crippen LogP) is 13.6. The van der Waals surface area contributed by atoms with Gasteiger partial charge in [-0.15, -0.1) is 0 Å². The number of hydrogen-bond acceptors (Lipinski definition) is 3. The third-order valence-corrected chi connectivity index (χ3v) is 10.6. The van der Waals surface area contributed by atoms with Gasteiger partial charge in [-0.1, -0.05) is 113 Å². The van der Waals surface area contributed by atoms with Crippen molar-refractivity contribution >= 4 is 65.7 Å². The van der Waals surface area contributed by atoms with Crippen LogP contribution in [-0.4, -0.2) is 9.55 Å². The van der Waals surface area contributed by atoms with E-state index >= 15 is 0 Å². The zero-order chi connectivity index (χ0) is 34.4. The summed E-state index contributed by atoms with van der Waals surface area (Å²) >= 11 is 0.